The zero-order valence-corrected chi connectivity index (χ0v) is 11.3. The van der Waals surface area contributed by atoms with E-state index < -0.39 is 107 Å². The number of hydrogen-bond acceptors (Lipinski definition) is 3. The number of benzene rings is 2. The fourth-order valence-corrected chi connectivity index (χ4v) is 2.06. The average Bonchev–Trinajstić information content (AvgIpc) is 3.07. The highest BCUT2D eigenvalue weighted by Gasteiger charge is 2.15. The van der Waals surface area contributed by atoms with E-state index in [0.29, 0.717) is 11.3 Å². The number of ether oxygens (including phenoxy) is 1. The first-order valence-corrected chi connectivity index (χ1v) is 6.59. The van der Waals surface area contributed by atoms with Crippen LogP contribution in [-0.2, 0) is 0 Å². The smallest absolute Gasteiger partial charge is 0.134 e. The van der Waals surface area contributed by atoms with Crippen LogP contribution in [0.1, 0.15) is 39.3 Å². The molecule has 0 aliphatic heterocycles. The summed E-state index contributed by atoms with van der Waals surface area (Å²) in [6.45, 7) is -3.93. The zero-order chi connectivity index (χ0) is 28.4. The summed E-state index contributed by atoms with van der Waals surface area (Å²) in [4.78, 5) is -0.644. The minimum Gasteiger partial charge on any atom is -0.484 e. The Morgan fingerprint density at radius 2 is 2.19 bits per heavy atom. The molecule has 21 heavy (non-hydrogen) atoms. The predicted octanol–water partition coefficient (Wildman–Crippen LogP) is 4.63. The van der Waals surface area contributed by atoms with Crippen LogP contribution >= 0.6 is 11.3 Å². The lowest BCUT2D eigenvalue weighted by Gasteiger charge is -2.19. The summed E-state index contributed by atoms with van der Waals surface area (Å²) in [7, 11) is 0. The van der Waals surface area contributed by atoms with Gasteiger partial charge in [0.25, 0.3) is 0 Å². The number of hydrogen-bond donors (Lipinski definition) is 1. The Hall–Kier alpha value is -1.84. The van der Waals surface area contributed by atoms with Gasteiger partial charge in [-0.1, -0.05) is 42.3 Å². The summed E-state index contributed by atoms with van der Waals surface area (Å²) < 4.78 is 134. The van der Waals surface area contributed by atoms with E-state index in [4.69, 9.17) is 26.7 Å². The maximum atomic E-state index is 9.00. The summed E-state index contributed by atoms with van der Waals surface area (Å²) in [5.41, 5.74) is 0. The summed E-state index contributed by atoms with van der Waals surface area (Å²) in [5, 5.41) is 0.273. The molecule has 3 aromatic rings. The van der Waals surface area contributed by atoms with Crippen LogP contribution in [0.3, 0.4) is 0 Å². The van der Waals surface area contributed by atoms with Gasteiger partial charge in [-0.3, -0.25) is 0 Å². The van der Waals surface area contributed by atoms with Gasteiger partial charge in [0.15, 0.2) is 0 Å². The molecule has 1 atom stereocenters. The van der Waals surface area contributed by atoms with Gasteiger partial charge in [0.2, 0.25) is 0 Å². The van der Waals surface area contributed by atoms with E-state index in [2.05, 4.69) is 0 Å². The van der Waals surface area contributed by atoms with Crippen LogP contribution < -0.4 is 10.1 Å². The third-order valence-corrected chi connectivity index (χ3v) is 3.10. The van der Waals surface area contributed by atoms with Gasteiger partial charge in [0.1, 0.15) is 11.8 Å². The summed E-state index contributed by atoms with van der Waals surface area (Å²) in [5.74, 6) is -0.874. The van der Waals surface area contributed by atoms with Crippen LogP contribution in [0.4, 0.5) is 0 Å². The van der Waals surface area contributed by atoms with E-state index >= 15 is 0 Å². The molecule has 2 aromatic carbocycles. The van der Waals surface area contributed by atoms with Crippen LogP contribution in [0.2, 0.25) is 0 Å². The van der Waals surface area contributed by atoms with Gasteiger partial charge in [0, 0.05) is 23.5 Å². The molecule has 0 unspecified atom stereocenters. The van der Waals surface area contributed by atoms with Crippen molar-refractivity contribution in [3.8, 4) is 5.75 Å². The van der Waals surface area contributed by atoms with Gasteiger partial charge in [-0.15, -0.1) is 11.3 Å². The van der Waals surface area contributed by atoms with Crippen molar-refractivity contribution in [1.29, 1.82) is 0 Å². The van der Waals surface area contributed by atoms with Crippen molar-refractivity contribution in [3.05, 3.63) is 64.6 Å². The molecule has 3 rings (SSSR count). The lowest BCUT2D eigenvalue weighted by Crippen LogP contribution is -2.15. The molecule has 2 nitrogen and oxygen atoms in total. The number of nitrogens with one attached hydrogen (secondary N) is 1. The molecule has 0 amide bonds. The zero-order valence-electron chi connectivity index (χ0n) is 26.5. The Kier molecular flexibility index (Phi) is 1.47. The molecule has 0 bridgehead atoms. The monoisotopic (exact) mass is 313 g/mol. The molecular formula is C18H19NOS. The van der Waals surface area contributed by atoms with Crippen LogP contribution in [0.15, 0.2) is 59.7 Å². The first kappa shape index (κ1) is 4.58. The van der Waals surface area contributed by atoms with Crippen LogP contribution in [0.25, 0.3) is 10.8 Å². The van der Waals surface area contributed by atoms with E-state index in [1.165, 1.54) is 0 Å². The molecule has 0 saturated heterocycles. The van der Waals surface area contributed by atoms with Crippen molar-refractivity contribution >= 4 is 22.1 Å². The normalized spacial score (nSPS) is 26.1. The Morgan fingerprint density at radius 3 is 3.05 bits per heavy atom. The maximum Gasteiger partial charge on any atom is 0.134 e. The van der Waals surface area contributed by atoms with Crippen LogP contribution in [0.5, 0.6) is 5.75 Å². The van der Waals surface area contributed by atoms with Gasteiger partial charge in [0.05, 0.1) is 15.1 Å². The molecule has 3 heteroatoms. The molecule has 0 saturated carbocycles. The van der Waals surface area contributed by atoms with Gasteiger partial charge in [-0.25, -0.2) is 0 Å². The lowest BCUT2D eigenvalue weighted by molar-refractivity contribution is 0.201. The highest BCUT2D eigenvalue weighted by atomic mass is 32.1. The first-order valence-electron chi connectivity index (χ1n) is 13.8. The molecule has 108 valence electrons. The molecule has 1 heterocycles. The highest BCUT2D eigenvalue weighted by molar-refractivity contribution is 7.10. The number of fused-ring (bicyclic) bond motifs is 1. The van der Waals surface area contributed by atoms with Crippen LogP contribution in [-0.4, -0.2) is 13.5 Å². The molecular weight excluding hydrogens is 278 g/mol. The minimum absolute atomic E-state index is 0.334. The molecule has 0 fully saturated rings. The van der Waals surface area contributed by atoms with Crippen LogP contribution in [0, 0.1) is 0 Å². The fraction of sp³-hybridized carbons (Fsp3) is 0.222. The third kappa shape index (κ3) is 3.26. The second kappa shape index (κ2) is 6.74. The predicted molar refractivity (Wildman–Crippen MR) is 90.2 cm³/mol. The van der Waals surface area contributed by atoms with Gasteiger partial charge in [-0.05, 0) is 36.3 Å². The first-order chi connectivity index (χ1) is 16.8. The molecule has 0 aliphatic carbocycles. The summed E-state index contributed by atoms with van der Waals surface area (Å²) in [6, 6.07) is -7.01. The second-order valence-corrected chi connectivity index (χ2v) is 4.52. The fourth-order valence-electron chi connectivity index (χ4n) is 1.54. The Balaban J connectivity index is 2.42. The quantitative estimate of drug-likeness (QED) is 0.716. The minimum atomic E-state index is -3.14. The summed E-state index contributed by atoms with van der Waals surface area (Å²) >= 11 is 0.334. The maximum absolute atomic E-state index is 9.00. The standard InChI is InChI=1S/C18H19NOS/c1-19-12-11-17(18-10-5-13-21-18)20-16-9-4-7-14-6-2-3-8-15(14)16/h2-10,13,17,19H,11-12H2,1H3/t17-/m1/s1/i1D3,2D,3D,4D,5D,6D,7D,8D,9D,10D,11D2,13D,17D. The highest BCUT2D eigenvalue weighted by Crippen LogP contribution is 2.32. The third-order valence-electron chi connectivity index (χ3n) is 2.41. The Labute approximate surface area is 151 Å². The molecule has 1 aromatic heterocycles. The van der Waals surface area contributed by atoms with Gasteiger partial charge < -0.3 is 10.1 Å². The van der Waals surface area contributed by atoms with E-state index in [9.17, 15) is 0 Å². The summed E-state index contributed by atoms with van der Waals surface area (Å²) in [6.07, 6.45) is -6.19. The lowest BCUT2D eigenvalue weighted by atomic mass is 10.1. The van der Waals surface area contributed by atoms with Crippen molar-refractivity contribution in [3.63, 3.8) is 0 Å². The topological polar surface area (TPSA) is 21.3 Å². The van der Waals surface area contributed by atoms with E-state index in [1.807, 2.05) is 5.32 Å². The van der Waals surface area contributed by atoms with Crippen molar-refractivity contribution < 1.29 is 26.7 Å². The Bertz CT molecular complexity index is 1390. The number of rotatable bonds is 6. The molecule has 1 N–H and O–H groups in total. The van der Waals surface area contributed by atoms with Crippen molar-refractivity contribution in [2.24, 2.45) is 0 Å². The van der Waals surface area contributed by atoms with Crippen molar-refractivity contribution in [1.82, 2.24) is 5.32 Å². The van der Waals surface area contributed by atoms with Gasteiger partial charge in [-0.2, -0.15) is 0 Å². The van der Waals surface area contributed by atoms with Crippen molar-refractivity contribution in [2.75, 3.05) is 13.5 Å². The molecule has 0 aliphatic rings. The average molecular weight is 314 g/mol. The van der Waals surface area contributed by atoms with E-state index in [0.717, 1.165) is 0 Å². The largest absolute Gasteiger partial charge is 0.484 e. The van der Waals surface area contributed by atoms with E-state index in [1.54, 1.807) is 0 Å². The second-order valence-electron chi connectivity index (χ2n) is 3.70. The van der Waals surface area contributed by atoms with E-state index in [-0.39, 0.29) is 0 Å². The molecule has 0 spiro atoms. The molecule has 0 radical (unpaired) electrons. The van der Waals surface area contributed by atoms with Gasteiger partial charge >= 0.3 is 0 Å². The van der Waals surface area contributed by atoms with Crippen molar-refractivity contribution in [2.45, 2.75) is 12.5 Å². The Morgan fingerprint density at radius 1 is 1.29 bits per heavy atom. The SMILES string of the molecule is [2H]c1sc([C@]([2H])(Oc2c([2H])c([2H])c([2H])c3c([2H])c([2H])c([2H])c([2H])c23)C([2H])([2H])CNC([2H])([2H])[2H])c([2H])c1[2H]. The number of thiophene rings is 1.